The minimum Gasteiger partial charge on any atom is -0.496 e. The molecular weight excluding hydrogens is 364 g/mol. The summed E-state index contributed by atoms with van der Waals surface area (Å²) in [5.41, 5.74) is 1.00. The van der Waals surface area contributed by atoms with Crippen molar-refractivity contribution in [2.75, 3.05) is 7.11 Å². The van der Waals surface area contributed by atoms with Gasteiger partial charge in [-0.15, -0.1) is 0 Å². The minimum absolute atomic E-state index is 0.489. The number of hydrogen-bond acceptors (Lipinski definition) is 3. The molecule has 0 bridgehead atoms. The second-order valence-electron chi connectivity index (χ2n) is 3.83. The molecule has 1 heterocycles. The molecule has 96 valence electrons. The Morgan fingerprint density at radius 2 is 2.06 bits per heavy atom. The van der Waals surface area contributed by atoms with Crippen LogP contribution in [0.25, 0.3) is 0 Å². The average Bonchev–Trinajstić information content (AvgIpc) is 2.76. The van der Waals surface area contributed by atoms with Crippen molar-refractivity contribution in [1.82, 2.24) is 0 Å². The third-order valence-corrected chi connectivity index (χ3v) is 3.61. The van der Waals surface area contributed by atoms with Crippen LogP contribution in [0.4, 0.5) is 0 Å². The molecule has 1 aromatic heterocycles. The highest BCUT2D eigenvalue weighted by atomic mass is 79.9. The van der Waals surface area contributed by atoms with E-state index in [4.69, 9.17) is 9.15 Å². The number of methoxy groups -OCH3 is 1. The van der Waals surface area contributed by atoms with Crippen LogP contribution in [-0.4, -0.2) is 12.2 Å². The van der Waals surface area contributed by atoms with Crippen molar-refractivity contribution in [3.05, 3.63) is 50.8 Å². The number of aliphatic hydroxyl groups is 1. The summed E-state index contributed by atoms with van der Waals surface area (Å²) in [5.74, 6) is 1.32. The normalized spacial score (nSPS) is 12.4. The highest BCUT2D eigenvalue weighted by Crippen LogP contribution is 2.28. The van der Waals surface area contributed by atoms with Gasteiger partial charge in [-0.05, 0) is 61.7 Å². The van der Waals surface area contributed by atoms with Gasteiger partial charge in [0, 0.05) is 6.42 Å². The number of hydrogen-bond donors (Lipinski definition) is 1. The lowest BCUT2D eigenvalue weighted by molar-refractivity contribution is 0.148. The number of rotatable bonds is 4. The Morgan fingerprint density at radius 1 is 1.28 bits per heavy atom. The maximum Gasteiger partial charge on any atom is 0.169 e. The van der Waals surface area contributed by atoms with Crippen molar-refractivity contribution in [2.24, 2.45) is 0 Å². The first-order valence-corrected chi connectivity index (χ1v) is 6.94. The molecule has 0 saturated heterocycles. The fraction of sp³-hybridized carbons (Fsp3) is 0.231. The van der Waals surface area contributed by atoms with E-state index in [1.807, 2.05) is 18.2 Å². The number of aliphatic hydroxyl groups excluding tert-OH is 1. The molecular formula is C13H12Br2O3. The van der Waals surface area contributed by atoms with Gasteiger partial charge in [-0.2, -0.15) is 0 Å². The largest absolute Gasteiger partial charge is 0.496 e. The van der Waals surface area contributed by atoms with Gasteiger partial charge in [0.1, 0.15) is 17.6 Å². The Morgan fingerprint density at radius 3 is 2.61 bits per heavy atom. The monoisotopic (exact) mass is 374 g/mol. The van der Waals surface area contributed by atoms with Gasteiger partial charge in [0.2, 0.25) is 0 Å². The van der Waals surface area contributed by atoms with E-state index >= 15 is 0 Å². The summed E-state index contributed by atoms with van der Waals surface area (Å²) in [6, 6.07) is 9.24. The van der Waals surface area contributed by atoms with Gasteiger partial charge in [0.15, 0.2) is 4.67 Å². The van der Waals surface area contributed by atoms with E-state index in [-0.39, 0.29) is 0 Å². The molecule has 3 nitrogen and oxygen atoms in total. The summed E-state index contributed by atoms with van der Waals surface area (Å²) in [5, 5.41) is 10.0. The second-order valence-corrected chi connectivity index (χ2v) is 5.47. The van der Waals surface area contributed by atoms with E-state index in [0.29, 0.717) is 16.9 Å². The Labute approximate surface area is 122 Å². The highest BCUT2D eigenvalue weighted by molar-refractivity contribution is 9.10. The summed E-state index contributed by atoms with van der Waals surface area (Å²) >= 11 is 6.63. The fourth-order valence-electron chi connectivity index (χ4n) is 1.67. The predicted octanol–water partition coefficient (Wildman–Crippen LogP) is 4.09. The summed E-state index contributed by atoms with van der Waals surface area (Å²) in [6.07, 6.45) is -0.167. The molecule has 0 aliphatic heterocycles. The highest BCUT2D eigenvalue weighted by Gasteiger charge is 2.13. The molecule has 0 aliphatic rings. The number of halogens is 2. The van der Waals surface area contributed by atoms with Crippen LogP contribution < -0.4 is 4.74 Å². The fourth-order valence-corrected chi connectivity index (χ4v) is 2.58. The van der Waals surface area contributed by atoms with Gasteiger partial charge >= 0.3 is 0 Å². The minimum atomic E-state index is -0.656. The van der Waals surface area contributed by atoms with Crippen molar-refractivity contribution in [2.45, 2.75) is 12.5 Å². The van der Waals surface area contributed by atoms with Crippen molar-refractivity contribution in [3.63, 3.8) is 0 Å². The third kappa shape index (κ3) is 3.16. The van der Waals surface area contributed by atoms with Gasteiger partial charge in [0.05, 0.1) is 11.6 Å². The quantitative estimate of drug-likeness (QED) is 0.875. The van der Waals surface area contributed by atoms with E-state index in [2.05, 4.69) is 31.9 Å². The lowest BCUT2D eigenvalue weighted by Gasteiger charge is -2.09. The molecule has 0 amide bonds. The molecule has 0 fully saturated rings. The first kappa shape index (κ1) is 13.6. The van der Waals surface area contributed by atoms with Crippen molar-refractivity contribution in [3.8, 4) is 5.75 Å². The molecule has 0 spiro atoms. The van der Waals surface area contributed by atoms with Crippen LogP contribution in [0.2, 0.25) is 0 Å². The Bertz CT molecular complexity index is 537. The van der Waals surface area contributed by atoms with Crippen LogP contribution in [0.3, 0.4) is 0 Å². The van der Waals surface area contributed by atoms with Crippen molar-refractivity contribution in [1.29, 1.82) is 0 Å². The topological polar surface area (TPSA) is 42.6 Å². The first-order chi connectivity index (χ1) is 8.60. The Balaban J connectivity index is 2.12. The van der Waals surface area contributed by atoms with Crippen LogP contribution >= 0.6 is 31.9 Å². The molecule has 0 saturated carbocycles. The maximum atomic E-state index is 10.0. The molecule has 2 rings (SSSR count). The Kier molecular flexibility index (Phi) is 4.48. The van der Waals surface area contributed by atoms with E-state index in [1.165, 1.54) is 0 Å². The molecule has 1 unspecified atom stereocenters. The first-order valence-electron chi connectivity index (χ1n) is 5.36. The van der Waals surface area contributed by atoms with Crippen molar-refractivity contribution >= 4 is 31.9 Å². The zero-order valence-corrected chi connectivity index (χ0v) is 12.9. The summed E-state index contributed by atoms with van der Waals surface area (Å²) in [4.78, 5) is 0. The van der Waals surface area contributed by atoms with E-state index in [9.17, 15) is 5.11 Å². The van der Waals surface area contributed by atoms with E-state index in [0.717, 1.165) is 15.8 Å². The summed E-state index contributed by atoms with van der Waals surface area (Å²) in [7, 11) is 1.62. The molecule has 0 aliphatic carbocycles. The lowest BCUT2D eigenvalue weighted by Crippen LogP contribution is -2.00. The van der Waals surface area contributed by atoms with Crippen LogP contribution in [0, 0.1) is 0 Å². The Hall–Kier alpha value is -0.780. The zero-order chi connectivity index (χ0) is 13.1. The zero-order valence-electron chi connectivity index (χ0n) is 9.69. The van der Waals surface area contributed by atoms with Crippen LogP contribution in [0.1, 0.15) is 17.4 Å². The van der Waals surface area contributed by atoms with Crippen LogP contribution in [0.5, 0.6) is 5.75 Å². The smallest absolute Gasteiger partial charge is 0.169 e. The molecule has 5 heteroatoms. The number of ether oxygens (including phenoxy) is 1. The third-order valence-electron chi connectivity index (χ3n) is 2.57. The molecule has 1 N–H and O–H groups in total. The van der Waals surface area contributed by atoms with Gasteiger partial charge in [-0.3, -0.25) is 0 Å². The van der Waals surface area contributed by atoms with Crippen LogP contribution in [-0.2, 0) is 6.42 Å². The summed E-state index contributed by atoms with van der Waals surface area (Å²) < 4.78 is 12.0. The lowest BCUT2D eigenvalue weighted by atomic mass is 10.1. The van der Waals surface area contributed by atoms with E-state index in [1.54, 1.807) is 19.2 Å². The van der Waals surface area contributed by atoms with E-state index < -0.39 is 6.10 Å². The molecule has 18 heavy (non-hydrogen) atoms. The van der Waals surface area contributed by atoms with Crippen molar-refractivity contribution < 1.29 is 14.3 Å². The standard InChI is InChI=1S/C13H12Br2O3/c1-17-11-3-2-8(6-9(11)14)7-10(16)12-4-5-13(15)18-12/h2-6,10,16H,7H2,1H3. The van der Waals surface area contributed by atoms with Gasteiger partial charge in [-0.1, -0.05) is 6.07 Å². The molecule has 0 radical (unpaired) electrons. The molecule has 2 aromatic rings. The maximum absolute atomic E-state index is 10.0. The van der Waals surface area contributed by atoms with Gasteiger partial charge in [0.25, 0.3) is 0 Å². The van der Waals surface area contributed by atoms with Crippen LogP contribution in [0.15, 0.2) is 43.9 Å². The van der Waals surface area contributed by atoms with Gasteiger partial charge < -0.3 is 14.3 Å². The molecule has 1 aromatic carbocycles. The second kappa shape index (κ2) is 5.91. The number of benzene rings is 1. The number of furan rings is 1. The SMILES string of the molecule is COc1ccc(CC(O)c2ccc(Br)o2)cc1Br. The average molecular weight is 376 g/mol. The predicted molar refractivity (Wildman–Crippen MR) is 75.8 cm³/mol. The molecule has 1 atom stereocenters. The summed E-state index contributed by atoms with van der Waals surface area (Å²) in [6.45, 7) is 0. The van der Waals surface area contributed by atoms with Gasteiger partial charge in [-0.25, -0.2) is 0 Å².